The Bertz CT molecular complexity index is 1230. The lowest BCUT2D eigenvalue weighted by Gasteiger charge is -2.26. The molecule has 9 nitrogen and oxygen atoms in total. The van der Waals surface area contributed by atoms with Gasteiger partial charge < -0.3 is 20.5 Å². The lowest BCUT2D eigenvalue weighted by atomic mass is 10.1. The Morgan fingerprint density at radius 1 is 1.03 bits per heavy atom. The van der Waals surface area contributed by atoms with Gasteiger partial charge in [-0.3, -0.25) is 9.88 Å². The molecule has 0 atom stereocenters. The first-order valence-electron chi connectivity index (χ1n) is 10.9. The van der Waals surface area contributed by atoms with Crippen LogP contribution in [0.2, 0.25) is 0 Å². The number of fused-ring (bicyclic) bond motifs is 1. The number of nitrogens with zero attached hydrogens (tertiary/aromatic N) is 5. The molecule has 0 amide bonds. The number of rotatable bonds is 7. The number of aromatic nitrogens is 4. The van der Waals surface area contributed by atoms with Crippen molar-refractivity contribution in [2.24, 2.45) is 0 Å². The summed E-state index contributed by atoms with van der Waals surface area (Å²) in [4.78, 5) is 20.2. The monoisotopic (exact) mass is 443 g/mol. The molecule has 9 heteroatoms. The molecule has 0 spiro atoms. The average molecular weight is 444 g/mol. The highest BCUT2D eigenvalue weighted by molar-refractivity contribution is 5.91. The normalized spacial score (nSPS) is 14.3. The maximum Gasteiger partial charge on any atom is 0.227 e. The third-order valence-corrected chi connectivity index (χ3v) is 5.43. The number of hydrogen-bond donors (Lipinski definition) is 2. The number of ether oxygens (including phenoxy) is 2. The molecule has 1 fully saturated rings. The number of morpholine rings is 1. The van der Waals surface area contributed by atoms with Crippen molar-refractivity contribution in [1.29, 1.82) is 0 Å². The zero-order valence-corrected chi connectivity index (χ0v) is 18.1. The molecular formula is C24H25N7O2. The Morgan fingerprint density at radius 3 is 2.79 bits per heavy atom. The summed E-state index contributed by atoms with van der Waals surface area (Å²) in [5, 5.41) is 4.07. The molecule has 1 aliphatic heterocycles. The molecule has 4 aromatic rings. The van der Waals surface area contributed by atoms with Gasteiger partial charge in [0.25, 0.3) is 0 Å². The number of anilines is 3. The fourth-order valence-corrected chi connectivity index (χ4v) is 3.69. The van der Waals surface area contributed by atoms with Gasteiger partial charge in [-0.2, -0.15) is 0 Å². The highest BCUT2D eigenvalue weighted by atomic mass is 16.5. The lowest BCUT2D eigenvalue weighted by Crippen LogP contribution is -2.38. The fraction of sp³-hybridized carbons (Fsp3) is 0.250. The van der Waals surface area contributed by atoms with Crippen LogP contribution in [-0.4, -0.2) is 64.3 Å². The minimum absolute atomic E-state index is 0.457. The molecule has 3 N–H and O–H groups in total. The summed E-state index contributed by atoms with van der Waals surface area (Å²) in [7, 11) is 0. The van der Waals surface area contributed by atoms with Crippen LogP contribution in [0.5, 0.6) is 5.75 Å². The molecule has 0 aliphatic carbocycles. The van der Waals surface area contributed by atoms with Crippen LogP contribution in [0.3, 0.4) is 0 Å². The van der Waals surface area contributed by atoms with E-state index < -0.39 is 0 Å². The number of hydrogen-bond acceptors (Lipinski definition) is 9. The van der Waals surface area contributed by atoms with E-state index in [1.165, 1.54) is 0 Å². The highest BCUT2D eigenvalue weighted by Gasteiger charge is 2.12. The van der Waals surface area contributed by atoms with Gasteiger partial charge in [0, 0.05) is 43.0 Å². The molecule has 3 aromatic heterocycles. The molecule has 1 saturated heterocycles. The number of pyridine rings is 2. The molecular weight excluding hydrogens is 418 g/mol. The lowest BCUT2D eigenvalue weighted by molar-refractivity contribution is 0.0322. The highest BCUT2D eigenvalue weighted by Crippen LogP contribution is 2.28. The Balaban J connectivity index is 1.36. The Kier molecular flexibility index (Phi) is 6.23. The topological polar surface area (TPSA) is 111 Å². The fourth-order valence-electron chi connectivity index (χ4n) is 3.69. The van der Waals surface area contributed by atoms with Crippen molar-refractivity contribution in [3.8, 4) is 17.0 Å². The molecule has 4 heterocycles. The van der Waals surface area contributed by atoms with E-state index >= 15 is 0 Å². The van der Waals surface area contributed by atoms with E-state index in [1.807, 2.05) is 36.4 Å². The molecule has 0 bridgehead atoms. The van der Waals surface area contributed by atoms with Crippen LogP contribution in [-0.2, 0) is 4.74 Å². The van der Waals surface area contributed by atoms with Crippen molar-refractivity contribution in [3.63, 3.8) is 0 Å². The van der Waals surface area contributed by atoms with E-state index in [0.29, 0.717) is 18.4 Å². The minimum Gasteiger partial charge on any atom is -0.492 e. The van der Waals surface area contributed by atoms with Gasteiger partial charge in [0.15, 0.2) is 0 Å². The Hall–Kier alpha value is -3.82. The van der Waals surface area contributed by atoms with E-state index in [-0.39, 0.29) is 0 Å². The van der Waals surface area contributed by atoms with Crippen LogP contribution in [0.4, 0.5) is 17.5 Å². The summed E-state index contributed by atoms with van der Waals surface area (Å²) in [6.07, 6.45) is 5.19. The summed E-state index contributed by atoms with van der Waals surface area (Å²) in [5.41, 5.74) is 8.88. The maximum atomic E-state index is 6.02. The van der Waals surface area contributed by atoms with E-state index in [4.69, 9.17) is 20.2 Å². The largest absolute Gasteiger partial charge is 0.492 e. The van der Waals surface area contributed by atoms with Crippen molar-refractivity contribution in [1.82, 2.24) is 24.8 Å². The first-order chi connectivity index (χ1) is 16.2. The molecule has 5 rings (SSSR count). The van der Waals surface area contributed by atoms with Crippen molar-refractivity contribution in [3.05, 3.63) is 61.1 Å². The standard InChI is InChI=1S/C24H25N7O2/c25-21-5-4-19(16-27-21)29-24-28-15-18-6-7-26-22(23(18)30-24)17-2-1-3-20(14-17)33-13-10-31-8-11-32-12-9-31/h1-7,14-16H,8-13H2,(H2,25,27)(H,28,29,30). The predicted octanol–water partition coefficient (Wildman–Crippen LogP) is 3.12. The van der Waals surface area contributed by atoms with Gasteiger partial charge in [-0.05, 0) is 30.3 Å². The van der Waals surface area contributed by atoms with Crippen LogP contribution in [0.25, 0.3) is 22.2 Å². The molecule has 168 valence electrons. The summed E-state index contributed by atoms with van der Waals surface area (Å²) in [6.45, 7) is 4.98. The molecule has 1 aromatic carbocycles. The molecule has 33 heavy (non-hydrogen) atoms. The van der Waals surface area contributed by atoms with Gasteiger partial charge in [-0.1, -0.05) is 12.1 Å². The minimum atomic E-state index is 0.457. The number of benzene rings is 1. The molecule has 1 aliphatic rings. The Labute approximate surface area is 191 Å². The third kappa shape index (κ3) is 5.16. The second kappa shape index (κ2) is 9.76. The summed E-state index contributed by atoms with van der Waals surface area (Å²) in [5.74, 6) is 1.72. The van der Waals surface area contributed by atoms with Gasteiger partial charge in [0.1, 0.15) is 23.7 Å². The van der Waals surface area contributed by atoms with Crippen LogP contribution in [0, 0.1) is 0 Å². The van der Waals surface area contributed by atoms with Crippen molar-refractivity contribution >= 4 is 28.4 Å². The summed E-state index contributed by atoms with van der Waals surface area (Å²) < 4.78 is 11.4. The predicted molar refractivity (Wildman–Crippen MR) is 127 cm³/mol. The second-order valence-corrected chi connectivity index (χ2v) is 7.72. The first-order valence-corrected chi connectivity index (χ1v) is 10.9. The third-order valence-electron chi connectivity index (χ3n) is 5.43. The van der Waals surface area contributed by atoms with Crippen molar-refractivity contribution in [2.75, 3.05) is 50.5 Å². The van der Waals surface area contributed by atoms with Crippen LogP contribution < -0.4 is 15.8 Å². The number of nitrogens with one attached hydrogen (secondary N) is 1. The smallest absolute Gasteiger partial charge is 0.227 e. The van der Waals surface area contributed by atoms with Crippen LogP contribution >= 0.6 is 0 Å². The van der Waals surface area contributed by atoms with Crippen molar-refractivity contribution < 1.29 is 9.47 Å². The van der Waals surface area contributed by atoms with Gasteiger partial charge in [0.05, 0.1) is 30.8 Å². The van der Waals surface area contributed by atoms with E-state index in [1.54, 1.807) is 24.7 Å². The van der Waals surface area contributed by atoms with Gasteiger partial charge in [0.2, 0.25) is 5.95 Å². The molecule has 0 saturated carbocycles. The number of nitrogens with two attached hydrogens (primary N) is 1. The van der Waals surface area contributed by atoms with E-state index in [9.17, 15) is 0 Å². The molecule has 0 radical (unpaired) electrons. The quantitative estimate of drug-likeness (QED) is 0.445. The zero-order valence-electron chi connectivity index (χ0n) is 18.1. The van der Waals surface area contributed by atoms with Gasteiger partial charge in [-0.15, -0.1) is 0 Å². The Morgan fingerprint density at radius 2 is 1.94 bits per heavy atom. The summed E-state index contributed by atoms with van der Waals surface area (Å²) >= 11 is 0. The van der Waals surface area contributed by atoms with E-state index in [2.05, 4.69) is 25.2 Å². The van der Waals surface area contributed by atoms with Gasteiger partial charge >= 0.3 is 0 Å². The number of nitrogen functional groups attached to an aromatic ring is 1. The molecule has 0 unspecified atom stereocenters. The second-order valence-electron chi connectivity index (χ2n) is 7.72. The van der Waals surface area contributed by atoms with Gasteiger partial charge in [-0.25, -0.2) is 15.0 Å². The summed E-state index contributed by atoms with van der Waals surface area (Å²) in [6, 6.07) is 13.4. The van der Waals surface area contributed by atoms with Crippen molar-refractivity contribution in [2.45, 2.75) is 0 Å². The zero-order chi connectivity index (χ0) is 22.5. The SMILES string of the molecule is Nc1ccc(Nc2ncc3ccnc(-c4cccc(OCCN5CCOCC5)c4)c3n2)cn1. The van der Waals surface area contributed by atoms with Crippen LogP contribution in [0.15, 0.2) is 61.1 Å². The van der Waals surface area contributed by atoms with Crippen LogP contribution in [0.1, 0.15) is 0 Å². The maximum absolute atomic E-state index is 6.02. The van der Waals surface area contributed by atoms with E-state index in [0.717, 1.165) is 66.4 Å². The first kappa shape index (κ1) is 21.0. The average Bonchev–Trinajstić information content (AvgIpc) is 2.86.